The number of nitrogens with one attached hydrogen (secondary N) is 1. The molecule has 1 N–H and O–H groups in total. The summed E-state index contributed by atoms with van der Waals surface area (Å²) in [5, 5.41) is 3.07. The fourth-order valence-electron chi connectivity index (χ4n) is 4.61. The average Bonchev–Trinajstić information content (AvgIpc) is 3.26. The van der Waals surface area contributed by atoms with Crippen LogP contribution >= 0.6 is 0 Å². The average molecular weight is 453 g/mol. The number of fused-ring (bicyclic) bond motifs is 1. The van der Waals surface area contributed by atoms with E-state index in [9.17, 15) is 9.59 Å². The maximum absolute atomic E-state index is 13.1. The zero-order chi connectivity index (χ0) is 23.3. The van der Waals surface area contributed by atoms with E-state index in [1.54, 1.807) is 0 Å². The molecule has 0 aliphatic carbocycles. The van der Waals surface area contributed by atoms with Crippen molar-refractivity contribution in [2.24, 2.45) is 5.92 Å². The lowest BCUT2D eigenvalue weighted by atomic mass is 9.95. The van der Waals surface area contributed by atoms with E-state index in [2.05, 4.69) is 10.3 Å². The predicted molar refractivity (Wildman–Crippen MR) is 134 cm³/mol. The fraction of sp³-hybridized carbons (Fsp3) is 0.250. The molecule has 6 heteroatoms. The summed E-state index contributed by atoms with van der Waals surface area (Å²) in [6.45, 7) is 1.22. The summed E-state index contributed by atoms with van der Waals surface area (Å²) in [6.07, 6.45) is 2.57. The lowest BCUT2D eigenvalue weighted by Gasteiger charge is -2.31. The molecule has 3 aromatic carbocycles. The number of likely N-dealkylation sites (tertiary alicyclic amines) is 1. The molecule has 0 atom stereocenters. The zero-order valence-electron chi connectivity index (χ0n) is 19.1. The van der Waals surface area contributed by atoms with Gasteiger partial charge in [0.25, 0.3) is 0 Å². The van der Waals surface area contributed by atoms with Crippen LogP contribution in [0.1, 0.15) is 24.8 Å². The summed E-state index contributed by atoms with van der Waals surface area (Å²) >= 11 is 0. The Morgan fingerprint density at radius 2 is 1.50 bits per heavy atom. The number of amides is 2. The minimum absolute atomic E-state index is 0.0381. The van der Waals surface area contributed by atoms with Crippen LogP contribution in [0.15, 0.2) is 84.9 Å². The van der Waals surface area contributed by atoms with Crippen molar-refractivity contribution in [2.75, 3.05) is 18.4 Å². The quantitative estimate of drug-likeness (QED) is 0.455. The Morgan fingerprint density at radius 1 is 0.853 bits per heavy atom. The van der Waals surface area contributed by atoms with Gasteiger partial charge >= 0.3 is 0 Å². The number of rotatable bonds is 6. The van der Waals surface area contributed by atoms with E-state index in [1.165, 1.54) is 5.56 Å². The van der Waals surface area contributed by atoms with Gasteiger partial charge < -0.3 is 4.90 Å². The topological polar surface area (TPSA) is 67.2 Å². The summed E-state index contributed by atoms with van der Waals surface area (Å²) in [4.78, 5) is 32.4. The van der Waals surface area contributed by atoms with E-state index in [1.807, 2.05) is 94.4 Å². The SMILES string of the molecule is O=C(Nc1nc2ccccc2n1-c1ccccc1)C1CCN(C(=O)CCc2ccccc2)CC1. The highest BCUT2D eigenvalue weighted by Gasteiger charge is 2.28. The number of aromatic nitrogens is 2. The maximum atomic E-state index is 13.1. The van der Waals surface area contributed by atoms with Gasteiger partial charge in [-0.15, -0.1) is 0 Å². The Morgan fingerprint density at radius 3 is 2.24 bits per heavy atom. The summed E-state index contributed by atoms with van der Waals surface area (Å²) < 4.78 is 1.98. The Bertz CT molecular complexity index is 1280. The molecule has 0 spiro atoms. The van der Waals surface area contributed by atoms with Crippen LogP contribution in [0, 0.1) is 5.92 Å². The fourth-order valence-corrected chi connectivity index (χ4v) is 4.61. The standard InChI is InChI=1S/C28H28N4O2/c33-26(16-15-21-9-3-1-4-10-21)31-19-17-22(18-20-31)27(34)30-28-29-24-13-7-8-14-25(24)32(28)23-11-5-2-6-12-23/h1-14,22H,15-20H2,(H,29,30,34). The molecule has 0 saturated carbocycles. The molecule has 172 valence electrons. The van der Waals surface area contributed by atoms with Gasteiger partial charge in [0.1, 0.15) is 0 Å². The second-order valence-corrected chi connectivity index (χ2v) is 8.72. The number of carbonyl (C=O) groups is 2. The molecule has 4 aromatic rings. The molecular weight excluding hydrogens is 424 g/mol. The van der Waals surface area contributed by atoms with Gasteiger partial charge in [0.05, 0.1) is 11.0 Å². The van der Waals surface area contributed by atoms with Crippen LogP contribution in [0.25, 0.3) is 16.7 Å². The summed E-state index contributed by atoms with van der Waals surface area (Å²) in [7, 11) is 0. The van der Waals surface area contributed by atoms with Gasteiger partial charge in [-0.05, 0) is 49.1 Å². The van der Waals surface area contributed by atoms with E-state index in [0.29, 0.717) is 38.3 Å². The molecule has 34 heavy (non-hydrogen) atoms. The van der Waals surface area contributed by atoms with Gasteiger partial charge in [0.2, 0.25) is 17.8 Å². The second-order valence-electron chi connectivity index (χ2n) is 8.72. The highest BCUT2D eigenvalue weighted by Crippen LogP contribution is 2.26. The van der Waals surface area contributed by atoms with Gasteiger partial charge in [0.15, 0.2) is 0 Å². The normalized spacial score (nSPS) is 14.3. The molecule has 0 bridgehead atoms. The molecular formula is C28H28N4O2. The van der Waals surface area contributed by atoms with Crippen molar-refractivity contribution in [1.82, 2.24) is 14.5 Å². The first-order chi connectivity index (χ1) is 16.7. The largest absolute Gasteiger partial charge is 0.343 e. The highest BCUT2D eigenvalue weighted by atomic mass is 16.2. The molecule has 1 aliphatic heterocycles. The molecule has 1 fully saturated rings. The van der Waals surface area contributed by atoms with E-state index in [0.717, 1.165) is 23.1 Å². The lowest BCUT2D eigenvalue weighted by Crippen LogP contribution is -2.41. The molecule has 1 aliphatic rings. The van der Waals surface area contributed by atoms with Crippen LogP contribution in [0.4, 0.5) is 5.95 Å². The first-order valence-electron chi connectivity index (χ1n) is 11.8. The Hall–Kier alpha value is -3.93. The molecule has 2 heterocycles. The van der Waals surface area contributed by atoms with Crippen molar-refractivity contribution in [3.63, 3.8) is 0 Å². The van der Waals surface area contributed by atoms with Crippen molar-refractivity contribution in [3.05, 3.63) is 90.5 Å². The van der Waals surface area contributed by atoms with Gasteiger partial charge in [0, 0.05) is 31.1 Å². The summed E-state index contributed by atoms with van der Waals surface area (Å²) in [5.74, 6) is 0.512. The second kappa shape index (κ2) is 9.91. The smallest absolute Gasteiger partial charge is 0.229 e. The van der Waals surface area contributed by atoms with Gasteiger partial charge in [-0.2, -0.15) is 0 Å². The number of para-hydroxylation sites is 3. The van der Waals surface area contributed by atoms with Crippen LogP contribution < -0.4 is 5.32 Å². The number of hydrogen-bond acceptors (Lipinski definition) is 3. The number of carbonyl (C=O) groups excluding carboxylic acids is 2. The van der Waals surface area contributed by atoms with Crippen molar-refractivity contribution < 1.29 is 9.59 Å². The predicted octanol–water partition coefficient (Wildman–Crippen LogP) is 4.84. The number of imidazole rings is 1. The number of benzene rings is 3. The minimum Gasteiger partial charge on any atom is -0.343 e. The molecule has 2 amide bonds. The minimum atomic E-state index is -0.137. The van der Waals surface area contributed by atoms with Crippen molar-refractivity contribution in [1.29, 1.82) is 0 Å². The van der Waals surface area contributed by atoms with Crippen LogP contribution in [-0.2, 0) is 16.0 Å². The summed E-state index contributed by atoms with van der Waals surface area (Å²) in [6, 6.07) is 27.9. The third-order valence-corrected chi connectivity index (χ3v) is 6.50. The molecule has 6 nitrogen and oxygen atoms in total. The van der Waals surface area contributed by atoms with Crippen LogP contribution in [-0.4, -0.2) is 39.4 Å². The first kappa shape index (κ1) is 21.9. The monoisotopic (exact) mass is 452 g/mol. The van der Waals surface area contributed by atoms with Crippen molar-refractivity contribution in [3.8, 4) is 5.69 Å². The van der Waals surface area contributed by atoms with E-state index < -0.39 is 0 Å². The van der Waals surface area contributed by atoms with Gasteiger partial charge in [-0.1, -0.05) is 60.7 Å². The molecule has 0 unspecified atom stereocenters. The number of nitrogens with zero attached hydrogens (tertiary/aromatic N) is 3. The van der Waals surface area contributed by atoms with Gasteiger partial charge in [-0.25, -0.2) is 4.98 Å². The van der Waals surface area contributed by atoms with E-state index in [4.69, 9.17) is 0 Å². The van der Waals surface area contributed by atoms with E-state index >= 15 is 0 Å². The van der Waals surface area contributed by atoms with Crippen LogP contribution in [0.2, 0.25) is 0 Å². The third-order valence-electron chi connectivity index (χ3n) is 6.50. The van der Waals surface area contributed by atoms with Crippen LogP contribution in [0.5, 0.6) is 0 Å². The third kappa shape index (κ3) is 4.71. The Balaban J connectivity index is 1.23. The Labute approximate surface area is 199 Å². The number of piperidine rings is 1. The van der Waals surface area contributed by atoms with Crippen molar-refractivity contribution in [2.45, 2.75) is 25.7 Å². The van der Waals surface area contributed by atoms with Gasteiger partial charge in [-0.3, -0.25) is 19.5 Å². The van der Waals surface area contributed by atoms with E-state index in [-0.39, 0.29) is 17.7 Å². The molecule has 1 aromatic heterocycles. The zero-order valence-corrected chi connectivity index (χ0v) is 19.1. The van der Waals surface area contributed by atoms with Crippen molar-refractivity contribution >= 4 is 28.8 Å². The lowest BCUT2D eigenvalue weighted by molar-refractivity contribution is -0.134. The Kier molecular flexibility index (Phi) is 6.38. The maximum Gasteiger partial charge on any atom is 0.229 e. The summed E-state index contributed by atoms with van der Waals surface area (Å²) in [5.41, 5.74) is 3.90. The number of aryl methyl sites for hydroxylation is 1. The number of anilines is 1. The molecule has 0 radical (unpaired) electrons. The first-order valence-corrected chi connectivity index (χ1v) is 11.8. The number of hydrogen-bond donors (Lipinski definition) is 1. The van der Waals surface area contributed by atoms with Crippen LogP contribution in [0.3, 0.4) is 0 Å². The molecule has 1 saturated heterocycles. The molecule has 5 rings (SSSR count). The highest BCUT2D eigenvalue weighted by molar-refractivity contribution is 5.94.